The summed E-state index contributed by atoms with van der Waals surface area (Å²) in [6.45, 7) is 0. The number of thioether (sulfide) groups is 1. The number of hydrogen-bond donors (Lipinski definition) is 2. The molecule has 7 nitrogen and oxygen atoms in total. The van der Waals surface area contributed by atoms with Gasteiger partial charge in [-0.15, -0.1) is 23.1 Å². The van der Waals surface area contributed by atoms with Gasteiger partial charge in [-0.1, -0.05) is 12.1 Å². The minimum atomic E-state index is -0.619. The van der Waals surface area contributed by atoms with Gasteiger partial charge in [-0.05, 0) is 30.5 Å². The molecule has 3 aromatic rings. The van der Waals surface area contributed by atoms with E-state index >= 15 is 0 Å². The van der Waals surface area contributed by atoms with Crippen molar-refractivity contribution in [1.82, 2.24) is 4.98 Å². The van der Waals surface area contributed by atoms with Gasteiger partial charge in [0.1, 0.15) is 5.69 Å². The second-order valence-corrected chi connectivity index (χ2v) is 6.99. The van der Waals surface area contributed by atoms with E-state index in [-0.39, 0.29) is 16.9 Å². The first kappa shape index (κ1) is 17.9. The van der Waals surface area contributed by atoms with Crippen LogP contribution >= 0.6 is 23.1 Å². The minimum Gasteiger partial charge on any atom is -0.393 e. The maximum Gasteiger partial charge on any atom is 0.292 e. The number of amides is 1. The summed E-state index contributed by atoms with van der Waals surface area (Å²) in [5.41, 5.74) is 7.10. The second-order valence-electron chi connectivity index (χ2n) is 5.25. The largest absolute Gasteiger partial charge is 0.393 e. The fraction of sp³-hybridized carbons (Fsp3) is 0.0588. The monoisotopic (exact) mass is 386 g/mol. The molecule has 0 spiro atoms. The van der Waals surface area contributed by atoms with Crippen LogP contribution in [0.25, 0.3) is 11.3 Å². The van der Waals surface area contributed by atoms with Crippen LogP contribution in [-0.2, 0) is 0 Å². The molecule has 2 aromatic carbocycles. The Morgan fingerprint density at radius 2 is 2.00 bits per heavy atom. The Hall–Kier alpha value is -2.91. The molecule has 0 atom stereocenters. The summed E-state index contributed by atoms with van der Waals surface area (Å²) in [6, 6.07) is 11.9. The van der Waals surface area contributed by atoms with E-state index < -0.39 is 10.8 Å². The van der Waals surface area contributed by atoms with Gasteiger partial charge >= 0.3 is 0 Å². The van der Waals surface area contributed by atoms with Gasteiger partial charge in [0, 0.05) is 27.5 Å². The van der Waals surface area contributed by atoms with E-state index in [1.165, 1.54) is 23.5 Å². The smallest absolute Gasteiger partial charge is 0.292 e. The zero-order chi connectivity index (χ0) is 18.7. The molecule has 9 heteroatoms. The lowest BCUT2D eigenvalue weighted by atomic mass is 10.1. The number of nitrogens with two attached hydrogens (primary N) is 1. The molecule has 0 radical (unpaired) electrons. The van der Waals surface area contributed by atoms with Gasteiger partial charge < -0.3 is 5.73 Å². The van der Waals surface area contributed by atoms with E-state index in [0.29, 0.717) is 5.13 Å². The predicted octanol–water partition coefficient (Wildman–Crippen LogP) is 4.27. The highest BCUT2D eigenvalue weighted by atomic mass is 32.2. The zero-order valence-corrected chi connectivity index (χ0v) is 15.3. The van der Waals surface area contributed by atoms with Gasteiger partial charge in [0.25, 0.3) is 11.6 Å². The Balaban J connectivity index is 1.77. The van der Waals surface area contributed by atoms with Crippen molar-refractivity contribution < 1.29 is 9.72 Å². The summed E-state index contributed by atoms with van der Waals surface area (Å²) >= 11 is 2.94. The number of nitro benzene ring substituents is 1. The number of carbonyl (C=O) groups is 1. The molecular formula is C17H14N4O3S2. The summed E-state index contributed by atoms with van der Waals surface area (Å²) in [4.78, 5) is 28.2. The van der Waals surface area contributed by atoms with E-state index in [9.17, 15) is 14.9 Å². The van der Waals surface area contributed by atoms with Crippen LogP contribution in [0.4, 0.5) is 16.5 Å². The van der Waals surface area contributed by atoms with Crippen molar-refractivity contribution in [3.8, 4) is 11.3 Å². The average molecular weight is 386 g/mol. The second kappa shape index (κ2) is 7.54. The number of carbonyl (C=O) groups excluding carboxylic acids is 1. The van der Waals surface area contributed by atoms with Crippen LogP contribution < -0.4 is 11.1 Å². The van der Waals surface area contributed by atoms with Gasteiger partial charge in [-0.2, -0.15) is 0 Å². The Bertz CT molecular complexity index is 970. The van der Waals surface area contributed by atoms with E-state index in [1.807, 2.05) is 35.9 Å². The first-order chi connectivity index (χ1) is 12.5. The lowest BCUT2D eigenvalue weighted by Gasteiger charge is -2.03. The number of benzene rings is 2. The Labute approximate surface area is 157 Å². The van der Waals surface area contributed by atoms with Crippen molar-refractivity contribution in [2.75, 3.05) is 17.3 Å². The third kappa shape index (κ3) is 3.84. The third-order valence-corrected chi connectivity index (χ3v) is 5.10. The topological polar surface area (TPSA) is 111 Å². The number of aromatic nitrogens is 1. The highest BCUT2D eigenvalue weighted by molar-refractivity contribution is 7.98. The zero-order valence-electron chi connectivity index (χ0n) is 13.6. The number of nitrogens with zero attached hydrogens (tertiary/aromatic N) is 2. The van der Waals surface area contributed by atoms with Crippen LogP contribution in [0.2, 0.25) is 0 Å². The molecule has 132 valence electrons. The lowest BCUT2D eigenvalue weighted by Crippen LogP contribution is -2.12. The van der Waals surface area contributed by atoms with E-state index in [4.69, 9.17) is 5.73 Å². The van der Waals surface area contributed by atoms with Crippen molar-refractivity contribution in [1.29, 1.82) is 0 Å². The molecule has 0 saturated heterocycles. The van der Waals surface area contributed by atoms with Gasteiger partial charge in [0.15, 0.2) is 5.13 Å². The van der Waals surface area contributed by atoms with Crippen molar-refractivity contribution in [2.45, 2.75) is 4.90 Å². The van der Waals surface area contributed by atoms with Crippen LogP contribution in [0.15, 0.2) is 52.7 Å². The first-order valence-corrected chi connectivity index (χ1v) is 9.53. The van der Waals surface area contributed by atoms with Crippen molar-refractivity contribution in [3.63, 3.8) is 0 Å². The lowest BCUT2D eigenvalue weighted by molar-refractivity contribution is -0.383. The molecule has 0 saturated carbocycles. The first-order valence-electron chi connectivity index (χ1n) is 7.43. The molecule has 3 N–H and O–H groups in total. The number of anilines is 2. The van der Waals surface area contributed by atoms with Crippen molar-refractivity contribution >= 4 is 45.5 Å². The molecular weight excluding hydrogens is 372 g/mol. The molecule has 0 aliphatic rings. The highest BCUT2D eigenvalue weighted by Crippen LogP contribution is 2.28. The van der Waals surface area contributed by atoms with Gasteiger partial charge in [0.05, 0.1) is 10.6 Å². The highest BCUT2D eigenvalue weighted by Gasteiger charge is 2.16. The maximum absolute atomic E-state index is 12.3. The van der Waals surface area contributed by atoms with Crippen LogP contribution in [0, 0.1) is 10.1 Å². The molecule has 1 heterocycles. The van der Waals surface area contributed by atoms with Gasteiger partial charge in [-0.3, -0.25) is 20.2 Å². The summed E-state index contributed by atoms with van der Waals surface area (Å²) in [7, 11) is 0. The SMILES string of the molecule is CSc1ccc(-c2csc(NC(=O)c3ccc(N)c([N+](=O)[O-])c3)n2)cc1. The number of thiazole rings is 1. The Kier molecular flexibility index (Phi) is 5.19. The molecule has 0 unspecified atom stereocenters. The molecule has 1 aromatic heterocycles. The predicted molar refractivity (Wildman–Crippen MR) is 105 cm³/mol. The fourth-order valence-corrected chi connectivity index (χ4v) is 3.36. The summed E-state index contributed by atoms with van der Waals surface area (Å²) < 4.78 is 0. The standard InChI is InChI=1S/C17H14N4O3S2/c1-25-12-5-2-10(3-6-12)14-9-26-17(19-14)20-16(22)11-4-7-13(18)15(8-11)21(23)24/h2-9H,18H2,1H3,(H,19,20,22). The molecule has 1 amide bonds. The summed E-state index contributed by atoms with van der Waals surface area (Å²) in [5.74, 6) is -0.480. The number of rotatable bonds is 5. The minimum absolute atomic E-state index is 0.0109. The third-order valence-electron chi connectivity index (χ3n) is 3.60. The number of hydrogen-bond acceptors (Lipinski definition) is 7. The van der Waals surface area contributed by atoms with Crippen LogP contribution in [-0.4, -0.2) is 22.1 Å². The van der Waals surface area contributed by atoms with Gasteiger partial charge in [0.2, 0.25) is 0 Å². The maximum atomic E-state index is 12.3. The van der Waals surface area contributed by atoms with Gasteiger partial charge in [-0.25, -0.2) is 4.98 Å². The van der Waals surface area contributed by atoms with E-state index in [2.05, 4.69) is 10.3 Å². The molecule has 3 rings (SSSR count). The number of nitro groups is 1. The fourth-order valence-electron chi connectivity index (χ4n) is 2.24. The van der Waals surface area contributed by atoms with E-state index in [0.717, 1.165) is 22.2 Å². The van der Waals surface area contributed by atoms with Crippen LogP contribution in [0.5, 0.6) is 0 Å². The quantitative estimate of drug-likeness (QED) is 0.293. The average Bonchev–Trinajstić information content (AvgIpc) is 3.10. The summed E-state index contributed by atoms with van der Waals surface area (Å²) in [5, 5.41) is 15.9. The molecule has 0 aliphatic carbocycles. The Morgan fingerprint density at radius 3 is 2.65 bits per heavy atom. The summed E-state index contributed by atoms with van der Waals surface area (Å²) in [6.07, 6.45) is 2.01. The number of nitrogen functional groups attached to an aromatic ring is 1. The normalized spacial score (nSPS) is 10.5. The molecule has 26 heavy (non-hydrogen) atoms. The molecule has 0 bridgehead atoms. The van der Waals surface area contributed by atoms with Crippen molar-refractivity contribution in [3.05, 3.63) is 63.5 Å². The van der Waals surface area contributed by atoms with Crippen molar-refractivity contribution in [2.24, 2.45) is 0 Å². The number of nitrogens with one attached hydrogen (secondary N) is 1. The molecule has 0 fully saturated rings. The van der Waals surface area contributed by atoms with Crippen LogP contribution in [0.3, 0.4) is 0 Å². The Morgan fingerprint density at radius 1 is 1.27 bits per heavy atom. The van der Waals surface area contributed by atoms with Crippen LogP contribution in [0.1, 0.15) is 10.4 Å². The molecule has 0 aliphatic heterocycles. The van der Waals surface area contributed by atoms with E-state index in [1.54, 1.807) is 11.8 Å².